The molecule has 0 bridgehead atoms. The second kappa shape index (κ2) is 4.87. The number of rotatable bonds is 2. The van der Waals surface area contributed by atoms with Crippen molar-refractivity contribution in [2.24, 2.45) is 5.92 Å². The van der Waals surface area contributed by atoms with E-state index in [-0.39, 0.29) is 11.7 Å². The van der Waals surface area contributed by atoms with Gasteiger partial charge in [0.15, 0.2) is 0 Å². The van der Waals surface area contributed by atoms with E-state index in [1.165, 1.54) is 6.07 Å². The summed E-state index contributed by atoms with van der Waals surface area (Å²) in [5.74, 6) is 0.348. The number of alkyl halides is 3. The highest BCUT2D eigenvalue weighted by Gasteiger charge is 2.42. The van der Waals surface area contributed by atoms with Crippen molar-refractivity contribution >= 4 is 11.4 Å². The van der Waals surface area contributed by atoms with Crippen LogP contribution >= 0.6 is 0 Å². The third-order valence-electron chi connectivity index (χ3n) is 4.25. The molecular formula is C13H14F3N3O2. The minimum atomic E-state index is -4.61. The average Bonchev–Trinajstić information content (AvgIpc) is 2.99. The smallest absolute Gasteiger partial charge is 0.366 e. The molecule has 2 fully saturated rings. The van der Waals surface area contributed by atoms with Gasteiger partial charge in [-0.1, -0.05) is 0 Å². The first-order valence-electron chi connectivity index (χ1n) is 6.71. The number of hydrogen-bond donors (Lipinski definition) is 1. The first kappa shape index (κ1) is 14.1. The van der Waals surface area contributed by atoms with Crippen molar-refractivity contribution in [1.29, 1.82) is 0 Å². The minimum Gasteiger partial charge on any atom is -0.366 e. The molecule has 2 heterocycles. The minimum absolute atomic E-state index is 0.0348. The normalized spacial score (nSPS) is 25.2. The van der Waals surface area contributed by atoms with Gasteiger partial charge in [0, 0.05) is 43.5 Å². The van der Waals surface area contributed by atoms with Crippen LogP contribution in [0.2, 0.25) is 0 Å². The van der Waals surface area contributed by atoms with Crippen LogP contribution in [0.3, 0.4) is 0 Å². The molecule has 21 heavy (non-hydrogen) atoms. The Labute approximate surface area is 118 Å². The van der Waals surface area contributed by atoms with Crippen LogP contribution in [0.15, 0.2) is 18.2 Å². The Bertz CT molecular complexity index is 576. The SMILES string of the molecule is O=[N+]([O-])c1ccc(N2CC[C@H]3CNC[C@H]32)c(C(F)(F)F)c1. The molecule has 1 aromatic carbocycles. The first-order valence-corrected chi connectivity index (χ1v) is 6.71. The Hall–Kier alpha value is -1.83. The molecule has 114 valence electrons. The predicted molar refractivity (Wildman–Crippen MR) is 70.2 cm³/mol. The van der Waals surface area contributed by atoms with Crippen molar-refractivity contribution in [3.63, 3.8) is 0 Å². The van der Waals surface area contributed by atoms with Gasteiger partial charge in [0.1, 0.15) is 0 Å². The van der Waals surface area contributed by atoms with E-state index in [9.17, 15) is 23.3 Å². The maximum absolute atomic E-state index is 13.2. The van der Waals surface area contributed by atoms with Crippen LogP contribution in [0.5, 0.6) is 0 Å². The fourth-order valence-electron chi connectivity index (χ4n) is 3.26. The molecule has 1 aromatic rings. The molecule has 8 heteroatoms. The standard InChI is InChI=1S/C13H14F3N3O2/c14-13(15,16)10-5-9(19(20)21)1-2-11(10)18-4-3-8-6-17-7-12(8)18/h1-2,5,8,12,17H,3-4,6-7H2/t8-,12+/m0/s1. The monoisotopic (exact) mass is 301 g/mol. The van der Waals surface area contributed by atoms with Crippen LogP contribution in [0, 0.1) is 16.0 Å². The summed E-state index contributed by atoms with van der Waals surface area (Å²) in [5, 5.41) is 13.9. The van der Waals surface area contributed by atoms with Gasteiger partial charge in [-0.25, -0.2) is 0 Å². The molecule has 2 saturated heterocycles. The van der Waals surface area contributed by atoms with Crippen molar-refractivity contribution in [3.8, 4) is 0 Å². The van der Waals surface area contributed by atoms with Gasteiger partial charge >= 0.3 is 6.18 Å². The summed E-state index contributed by atoms with van der Waals surface area (Å²) < 4.78 is 39.7. The van der Waals surface area contributed by atoms with E-state index in [4.69, 9.17) is 0 Å². The van der Waals surface area contributed by atoms with Crippen LogP contribution in [0.25, 0.3) is 0 Å². The summed E-state index contributed by atoms with van der Waals surface area (Å²) in [6.07, 6.45) is -3.77. The third kappa shape index (κ3) is 2.44. The van der Waals surface area contributed by atoms with Crippen molar-refractivity contribution < 1.29 is 18.1 Å². The second-order valence-corrected chi connectivity index (χ2v) is 5.42. The Morgan fingerprint density at radius 3 is 2.76 bits per heavy atom. The molecule has 2 aliphatic heterocycles. The van der Waals surface area contributed by atoms with Crippen LogP contribution < -0.4 is 10.2 Å². The molecule has 5 nitrogen and oxygen atoms in total. The number of nitrogens with zero attached hydrogens (tertiary/aromatic N) is 2. The molecule has 0 radical (unpaired) electrons. The van der Waals surface area contributed by atoms with Gasteiger partial charge < -0.3 is 10.2 Å². The molecule has 2 atom stereocenters. The lowest BCUT2D eigenvalue weighted by Crippen LogP contribution is -2.35. The fraction of sp³-hybridized carbons (Fsp3) is 0.538. The van der Waals surface area contributed by atoms with Gasteiger partial charge in [-0.15, -0.1) is 0 Å². The Balaban J connectivity index is 2.03. The molecular weight excluding hydrogens is 287 g/mol. The Morgan fingerprint density at radius 1 is 1.33 bits per heavy atom. The number of halogens is 3. The quantitative estimate of drug-likeness (QED) is 0.673. The van der Waals surface area contributed by atoms with Crippen molar-refractivity contribution in [2.75, 3.05) is 24.5 Å². The summed E-state index contributed by atoms with van der Waals surface area (Å²) in [7, 11) is 0. The molecule has 0 spiro atoms. The molecule has 2 aliphatic rings. The zero-order chi connectivity index (χ0) is 15.2. The van der Waals surface area contributed by atoms with Crippen molar-refractivity contribution in [3.05, 3.63) is 33.9 Å². The van der Waals surface area contributed by atoms with Crippen molar-refractivity contribution in [2.45, 2.75) is 18.6 Å². The third-order valence-corrected chi connectivity index (χ3v) is 4.25. The van der Waals surface area contributed by atoms with Crippen molar-refractivity contribution in [1.82, 2.24) is 5.32 Å². The zero-order valence-corrected chi connectivity index (χ0v) is 11.1. The summed E-state index contributed by atoms with van der Waals surface area (Å²) in [6.45, 7) is 2.02. The largest absolute Gasteiger partial charge is 0.418 e. The maximum atomic E-state index is 13.2. The van der Waals surface area contributed by atoms with Gasteiger partial charge in [-0.2, -0.15) is 13.2 Å². The molecule has 0 aliphatic carbocycles. The van der Waals surface area contributed by atoms with Gasteiger partial charge in [-0.05, 0) is 18.4 Å². The lowest BCUT2D eigenvalue weighted by Gasteiger charge is -2.28. The van der Waals surface area contributed by atoms with Crippen LogP contribution in [0.4, 0.5) is 24.5 Å². The number of hydrogen-bond acceptors (Lipinski definition) is 4. The second-order valence-electron chi connectivity index (χ2n) is 5.42. The summed E-state index contributed by atoms with van der Waals surface area (Å²) in [4.78, 5) is 11.6. The number of nitro benzene ring substituents is 1. The summed E-state index contributed by atoms with van der Waals surface area (Å²) >= 11 is 0. The van der Waals surface area contributed by atoms with Crippen LogP contribution in [-0.4, -0.2) is 30.6 Å². The topological polar surface area (TPSA) is 58.4 Å². The predicted octanol–water partition coefficient (Wildman–Crippen LogP) is 2.41. The molecule has 0 amide bonds. The number of benzene rings is 1. The van der Waals surface area contributed by atoms with E-state index in [1.807, 2.05) is 0 Å². The Morgan fingerprint density at radius 2 is 2.10 bits per heavy atom. The first-order chi connectivity index (χ1) is 9.88. The number of non-ortho nitro benzene ring substituents is 1. The van der Waals surface area contributed by atoms with E-state index < -0.39 is 22.4 Å². The molecule has 0 aromatic heterocycles. The number of fused-ring (bicyclic) bond motifs is 1. The van der Waals surface area contributed by atoms with E-state index in [2.05, 4.69) is 5.32 Å². The maximum Gasteiger partial charge on any atom is 0.418 e. The summed E-state index contributed by atoms with van der Waals surface area (Å²) in [6, 6.07) is 3.03. The highest BCUT2D eigenvalue weighted by atomic mass is 19.4. The van der Waals surface area contributed by atoms with E-state index in [0.29, 0.717) is 25.1 Å². The van der Waals surface area contributed by atoms with Crippen LogP contribution in [0.1, 0.15) is 12.0 Å². The number of nitro groups is 1. The van der Waals surface area contributed by atoms with E-state index in [0.717, 1.165) is 19.0 Å². The van der Waals surface area contributed by atoms with Gasteiger partial charge in [0.2, 0.25) is 0 Å². The zero-order valence-electron chi connectivity index (χ0n) is 11.1. The number of anilines is 1. The van der Waals surface area contributed by atoms with E-state index in [1.54, 1.807) is 4.90 Å². The molecule has 0 unspecified atom stereocenters. The molecule has 0 saturated carbocycles. The fourth-order valence-corrected chi connectivity index (χ4v) is 3.26. The average molecular weight is 301 g/mol. The van der Waals surface area contributed by atoms with Gasteiger partial charge in [-0.3, -0.25) is 10.1 Å². The van der Waals surface area contributed by atoms with Crippen LogP contribution in [-0.2, 0) is 6.18 Å². The molecule has 1 N–H and O–H groups in total. The lowest BCUT2D eigenvalue weighted by atomic mass is 10.0. The summed E-state index contributed by atoms with van der Waals surface area (Å²) in [5.41, 5.74) is -1.42. The van der Waals surface area contributed by atoms with Gasteiger partial charge in [0.05, 0.1) is 10.5 Å². The molecule has 3 rings (SSSR count). The van der Waals surface area contributed by atoms with Gasteiger partial charge in [0.25, 0.3) is 5.69 Å². The highest BCUT2D eigenvalue weighted by molar-refractivity contribution is 5.60. The number of nitrogens with one attached hydrogen (secondary N) is 1. The van der Waals surface area contributed by atoms with E-state index >= 15 is 0 Å². The lowest BCUT2D eigenvalue weighted by molar-refractivity contribution is -0.385. The Kier molecular flexibility index (Phi) is 3.27. The highest BCUT2D eigenvalue weighted by Crippen LogP contribution is 2.42.